The normalized spacial score (nSPS) is 10.2. The zero-order valence-electron chi connectivity index (χ0n) is 16.4. The Kier molecular flexibility index (Phi) is 7.75. The Labute approximate surface area is 164 Å². The molecule has 0 atom stereocenters. The zero-order valence-corrected chi connectivity index (χ0v) is 16.4. The maximum absolute atomic E-state index is 11.9. The third kappa shape index (κ3) is 5.94. The summed E-state index contributed by atoms with van der Waals surface area (Å²) in [5.41, 5.74) is 1.46. The highest BCUT2D eigenvalue weighted by atomic mass is 16.5. The van der Waals surface area contributed by atoms with Crippen LogP contribution in [-0.2, 0) is 4.79 Å². The largest absolute Gasteiger partial charge is 0.489 e. The van der Waals surface area contributed by atoms with Gasteiger partial charge in [-0.05, 0) is 50.6 Å². The van der Waals surface area contributed by atoms with Crippen LogP contribution in [0, 0.1) is 0 Å². The van der Waals surface area contributed by atoms with Gasteiger partial charge in [-0.1, -0.05) is 19.1 Å². The summed E-state index contributed by atoms with van der Waals surface area (Å²) in [5.74, 6) is 0.590. The molecular formula is C22H25NO5. The molecule has 0 saturated carbocycles. The van der Waals surface area contributed by atoms with Crippen LogP contribution in [0.3, 0.4) is 0 Å². The van der Waals surface area contributed by atoms with Gasteiger partial charge < -0.3 is 14.8 Å². The van der Waals surface area contributed by atoms with E-state index < -0.39 is 0 Å². The molecule has 28 heavy (non-hydrogen) atoms. The molecule has 2 rings (SSSR count). The molecule has 0 aliphatic carbocycles. The molecule has 0 aromatic heterocycles. The van der Waals surface area contributed by atoms with Gasteiger partial charge in [-0.2, -0.15) is 0 Å². The molecular weight excluding hydrogens is 358 g/mol. The molecule has 0 radical (unpaired) electrons. The number of anilines is 1. The highest BCUT2D eigenvalue weighted by Gasteiger charge is 2.12. The number of ketones is 2. The molecule has 0 aliphatic rings. The van der Waals surface area contributed by atoms with Gasteiger partial charge in [0.05, 0.1) is 11.1 Å². The number of nitrogens with one attached hydrogen (secondary N) is 1. The number of ether oxygens (including phenoxy) is 2. The fourth-order valence-electron chi connectivity index (χ4n) is 2.65. The summed E-state index contributed by atoms with van der Waals surface area (Å²) < 4.78 is 11.3. The first-order chi connectivity index (χ1) is 13.4. The summed E-state index contributed by atoms with van der Waals surface area (Å²) in [6, 6.07) is 12.0. The Morgan fingerprint density at radius 1 is 0.857 bits per heavy atom. The van der Waals surface area contributed by atoms with E-state index in [4.69, 9.17) is 9.47 Å². The second-order valence-electron chi connectivity index (χ2n) is 6.31. The van der Waals surface area contributed by atoms with Crippen LogP contribution in [0.15, 0.2) is 42.5 Å². The SMILES string of the molecule is CCCC(=O)Nc1ccc(OCCOc2ccccc2C(C)=O)c(C(C)=O)c1. The van der Waals surface area contributed by atoms with Crippen molar-refractivity contribution in [3.8, 4) is 11.5 Å². The van der Waals surface area contributed by atoms with Crippen LogP contribution >= 0.6 is 0 Å². The predicted molar refractivity (Wildman–Crippen MR) is 107 cm³/mol. The number of Topliss-reactive ketones (excluding diaryl/α,β-unsaturated/α-hetero) is 2. The Morgan fingerprint density at radius 2 is 1.46 bits per heavy atom. The highest BCUT2D eigenvalue weighted by Crippen LogP contribution is 2.24. The van der Waals surface area contributed by atoms with Gasteiger partial charge in [-0.3, -0.25) is 14.4 Å². The minimum atomic E-state index is -0.163. The van der Waals surface area contributed by atoms with E-state index in [-0.39, 0.29) is 30.7 Å². The molecule has 0 aliphatic heterocycles. The monoisotopic (exact) mass is 383 g/mol. The fourth-order valence-corrected chi connectivity index (χ4v) is 2.65. The summed E-state index contributed by atoms with van der Waals surface area (Å²) in [5, 5.41) is 2.77. The molecule has 1 N–H and O–H groups in total. The number of hydrogen-bond acceptors (Lipinski definition) is 5. The molecule has 2 aromatic carbocycles. The van der Waals surface area contributed by atoms with Crippen molar-refractivity contribution in [2.45, 2.75) is 33.6 Å². The number of benzene rings is 2. The van der Waals surface area contributed by atoms with E-state index in [9.17, 15) is 14.4 Å². The lowest BCUT2D eigenvalue weighted by molar-refractivity contribution is -0.116. The number of hydrogen-bond donors (Lipinski definition) is 1. The Balaban J connectivity index is 1.99. The molecule has 0 heterocycles. The molecule has 6 nitrogen and oxygen atoms in total. The van der Waals surface area contributed by atoms with Gasteiger partial charge >= 0.3 is 0 Å². The summed E-state index contributed by atoms with van der Waals surface area (Å²) in [7, 11) is 0. The van der Waals surface area contributed by atoms with E-state index in [1.165, 1.54) is 13.8 Å². The van der Waals surface area contributed by atoms with Crippen LogP contribution in [-0.4, -0.2) is 30.7 Å². The molecule has 0 fully saturated rings. The van der Waals surface area contributed by atoms with Gasteiger partial charge in [0, 0.05) is 12.1 Å². The maximum atomic E-state index is 11.9. The lowest BCUT2D eigenvalue weighted by atomic mass is 10.1. The number of carbonyl (C=O) groups is 3. The van der Waals surface area contributed by atoms with E-state index in [1.54, 1.807) is 42.5 Å². The van der Waals surface area contributed by atoms with E-state index in [0.717, 1.165) is 6.42 Å². The van der Waals surface area contributed by atoms with Crippen LogP contribution < -0.4 is 14.8 Å². The van der Waals surface area contributed by atoms with Crippen molar-refractivity contribution in [1.29, 1.82) is 0 Å². The standard InChI is InChI=1S/C22H25NO5/c1-4-7-22(26)23-17-10-11-21(19(14-17)16(3)25)28-13-12-27-20-9-6-5-8-18(20)15(2)24/h5-6,8-11,14H,4,7,12-13H2,1-3H3,(H,23,26). The summed E-state index contributed by atoms with van der Waals surface area (Å²) >= 11 is 0. The zero-order chi connectivity index (χ0) is 20.5. The fraction of sp³-hybridized carbons (Fsp3) is 0.318. The average molecular weight is 383 g/mol. The van der Waals surface area contributed by atoms with E-state index in [0.29, 0.717) is 34.7 Å². The summed E-state index contributed by atoms with van der Waals surface area (Å²) in [6.07, 6.45) is 1.17. The van der Waals surface area contributed by atoms with Crippen molar-refractivity contribution >= 4 is 23.2 Å². The maximum Gasteiger partial charge on any atom is 0.224 e. The second-order valence-corrected chi connectivity index (χ2v) is 6.31. The molecule has 1 amide bonds. The average Bonchev–Trinajstić information content (AvgIpc) is 2.66. The smallest absolute Gasteiger partial charge is 0.224 e. The summed E-state index contributed by atoms with van der Waals surface area (Å²) in [4.78, 5) is 35.3. The molecule has 148 valence electrons. The van der Waals surface area contributed by atoms with Crippen molar-refractivity contribution in [1.82, 2.24) is 0 Å². The Morgan fingerprint density at radius 3 is 2.07 bits per heavy atom. The molecule has 0 saturated heterocycles. The third-order valence-corrected chi connectivity index (χ3v) is 3.98. The lowest BCUT2D eigenvalue weighted by Gasteiger charge is -2.13. The van der Waals surface area contributed by atoms with Crippen molar-refractivity contribution in [3.05, 3.63) is 53.6 Å². The Bertz CT molecular complexity index is 860. The van der Waals surface area contributed by atoms with Gasteiger partial charge in [0.1, 0.15) is 24.7 Å². The van der Waals surface area contributed by atoms with Gasteiger partial charge in [0.2, 0.25) is 5.91 Å². The van der Waals surface area contributed by atoms with Crippen LogP contribution in [0.25, 0.3) is 0 Å². The predicted octanol–water partition coefficient (Wildman–Crippen LogP) is 4.29. The molecule has 0 spiro atoms. The van der Waals surface area contributed by atoms with Crippen LogP contribution in [0.5, 0.6) is 11.5 Å². The number of carbonyl (C=O) groups excluding carboxylic acids is 3. The van der Waals surface area contributed by atoms with Crippen LogP contribution in [0.1, 0.15) is 54.3 Å². The lowest BCUT2D eigenvalue weighted by Crippen LogP contribution is -2.13. The van der Waals surface area contributed by atoms with Crippen LogP contribution in [0.2, 0.25) is 0 Å². The first kappa shape index (κ1) is 21.2. The Hall–Kier alpha value is -3.15. The summed E-state index contributed by atoms with van der Waals surface area (Å²) in [6.45, 7) is 5.28. The van der Waals surface area contributed by atoms with Crippen LogP contribution in [0.4, 0.5) is 5.69 Å². The second kappa shape index (κ2) is 10.3. The van der Waals surface area contributed by atoms with Gasteiger partial charge in [-0.15, -0.1) is 0 Å². The quantitative estimate of drug-likeness (QED) is 0.489. The van der Waals surface area contributed by atoms with Crippen molar-refractivity contribution in [2.24, 2.45) is 0 Å². The van der Waals surface area contributed by atoms with Gasteiger partial charge in [0.25, 0.3) is 0 Å². The molecule has 6 heteroatoms. The van der Waals surface area contributed by atoms with Crippen molar-refractivity contribution in [3.63, 3.8) is 0 Å². The first-order valence-electron chi connectivity index (χ1n) is 9.22. The topological polar surface area (TPSA) is 81.7 Å². The van der Waals surface area contributed by atoms with Gasteiger partial charge in [0.15, 0.2) is 11.6 Å². The molecule has 0 unspecified atom stereocenters. The minimum absolute atomic E-state index is 0.0731. The number of para-hydroxylation sites is 1. The number of amides is 1. The molecule has 0 bridgehead atoms. The van der Waals surface area contributed by atoms with E-state index >= 15 is 0 Å². The van der Waals surface area contributed by atoms with Gasteiger partial charge in [-0.25, -0.2) is 0 Å². The number of rotatable bonds is 10. The van der Waals surface area contributed by atoms with Crippen molar-refractivity contribution in [2.75, 3.05) is 18.5 Å². The van der Waals surface area contributed by atoms with E-state index in [1.807, 2.05) is 6.92 Å². The first-order valence-corrected chi connectivity index (χ1v) is 9.22. The third-order valence-electron chi connectivity index (χ3n) is 3.98. The van der Waals surface area contributed by atoms with Crippen molar-refractivity contribution < 1.29 is 23.9 Å². The van der Waals surface area contributed by atoms with E-state index in [2.05, 4.69) is 5.32 Å². The minimum Gasteiger partial charge on any atom is -0.489 e. The molecule has 2 aromatic rings. The highest BCUT2D eigenvalue weighted by molar-refractivity contribution is 5.99.